The maximum Gasteiger partial charge on any atom is 0.229 e. The van der Waals surface area contributed by atoms with Crippen LogP contribution in [-0.4, -0.2) is 37.0 Å². The van der Waals surface area contributed by atoms with Gasteiger partial charge in [0, 0.05) is 18.1 Å². The summed E-state index contributed by atoms with van der Waals surface area (Å²) in [5.74, 6) is 1.38. The van der Waals surface area contributed by atoms with Crippen LogP contribution in [0.2, 0.25) is 5.02 Å². The predicted molar refractivity (Wildman–Crippen MR) is 77.9 cm³/mol. The van der Waals surface area contributed by atoms with E-state index >= 15 is 0 Å². The van der Waals surface area contributed by atoms with E-state index in [4.69, 9.17) is 22.1 Å². The lowest BCUT2D eigenvalue weighted by atomic mass is 9.95. The lowest BCUT2D eigenvalue weighted by Crippen LogP contribution is -2.40. The van der Waals surface area contributed by atoms with Gasteiger partial charge in [-0.2, -0.15) is 0 Å². The number of carbonyl (C=O) groups is 1. The molecule has 5 heteroatoms. The molecule has 2 N–H and O–H groups in total. The molecular formula is C15H19ClN2O2. The highest BCUT2D eigenvalue weighted by molar-refractivity contribution is 6.30. The van der Waals surface area contributed by atoms with E-state index in [-0.39, 0.29) is 11.8 Å². The number of ether oxygens (including phenoxy) is 1. The van der Waals surface area contributed by atoms with Gasteiger partial charge >= 0.3 is 0 Å². The predicted octanol–water partition coefficient (Wildman–Crippen LogP) is 1.70. The lowest BCUT2D eigenvalue weighted by Gasteiger charge is -2.28. The molecule has 1 aromatic carbocycles. The molecule has 1 fully saturated rings. The molecule has 1 aromatic rings. The van der Waals surface area contributed by atoms with Gasteiger partial charge in [-0.15, -0.1) is 0 Å². The van der Waals surface area contributed by atoms with Crippen LogP contribution in [0.1, 0.15) is 12.0 Å². The first-order valence-electron chi connectivity index (χ1n) is 7.07. The zero-order valence-electron chi connectivity index (χ0n) is 11.3. The monoisotopic (exact) mass is 294 g/mol. The number of fused-ring (bicyclic) bond motifs is 1. The van der Waals surface area contributed by atoms with Gasteiger partial charge in [0.05, 0.1) is 5.92 Å². The van der Waals surface area contributed by atoms with Crippen LogP contribution < -0.4 is 10.5 Å². The molecule has 1 saturated heterocycles. The third-order valence-electron chi connectivity index (χ3n) is 4.21. The van der Waals surface area contributed by atoms with Gasteiger partial charge in [-0.1, -0.05) is 11.6 Å². The fraction of sp³-hybridized carbons (Fsp3) is 0.533. The Morgan fingerprint density at radius 2 is 2.35 bits per heavy atom. The Hall–Kier alpha value is -1.26. The molecule has 20 heavy (non-hydrogen) atoms. The zero-order chi connectivity index (χ0) is 14.1. The summed E-state index contributed by atoms with van der Waals surface area (Å²) in [5.41, 5.74) is 6.70. The van der Waals surface area contributed by atoms with E-state index in [1.807, 2.05) is 23.1 Å². The number of rotatable bonds is 2. The van der Waals surface area contributed by atoms with Crippen LogP contribution in [0.25, 0.3) is 0 Å². The van der Waals surface area contributed by atoms with Crippen LogP contribution in [0.15, 0.2) is 18.2 Å². The molecule has 2 aliphatic rings. The van der Waals surface area contributed by atoms with Crippen molar-refractivity contribution in [2.24, 2.45) is 17.6 Å². The molecule has 2 heterocycles. The third kappa shape index (κ3) is 2.63. The van der Waals surface area contributed by atoms with Crippen molar-refractivity contribution in [3.05, 3.63) is 28.8 Å². The molecule has 2 atom stereocenters. The van der Waals surface area contributed by atoms with E-state index in [1.54, 1.807) is 0 Å². The number of carbonyl (C=O) groups excluding carboxylic acids is 1. The van der Waals surface area contributed by atoms with Crippen molar-refractivity contribution in [3.8, 4) is 5.75 Å². The Kier molecular flexibility index (Phi) is 3.85. The van der Waals surface area contributed by atoms with E-state index < -0.39 is 0 Å². The van der Waals surface area contributed by atoms with Crippen LogP contribution in [0.5, 0.6) is 5.75 Å². The molecule has 4 nitrogen and oxygen atoms in total. The van der Waals surface area contributed by atoms with E-state index in [1.165, 1.54) is 0 Å². The molecule has 108 valence electrons. The molecule has 1 amide bonds. The standard InChI is InChI=1S/C15H19ClN2O2/c16-13-1-2-14-11(6-13)5-12(9-20-14)15(19)18-4-3-10(7-17)8-18/h1-2,6,10,12H,3-5,7-9,17H2/t10-,12+/m0/s1. The quantitative estimate of drug-likeness (QED) is 0.903. The summed E-state index contributed by atoms with van der Waals surface area (Å²) in [7, 11) is 0. The van der Waals surface area contributed by atoms with E-state index in [2.05, 4.69) is 0 Å². The van der Waals surface area contributed by atoms with E-state index in [9.17, 15) is 4.79 Å². The highest BCUT2D eigenvalue weighted by Gasteiger charge is 2.33. The van der Waals surface area contributed by atoms with Crippen LogP contribution in [0.3, 0.4) is 0 Å². The second-order valence-corrected chi connectivity index (χ2v) is 6.08. The van der Waals surface area contributed by atoms with Crippen LogP contribution in [-0.2, 0) is 11.2 Å². The molecular weight excluding hydrogens is 276 g/mol. The summed E-state index contributed by atoms with van der Waals surface area (Å²) in [6.45, 7) is 2.72. The Balaban J connectivity index is 1.69. The number of likely N-dealkylation sites (tertiary alicyclic amines) is 1. The highest BCUT2D eigenvalue weighted by atomic mass is 35.5. The first-order valence-corrected chi connectivity index (χ1v) is 7.45. The molecule has 2 aliphatic heterocycles. The smallest absolute Gasteiger partial charge is 0.229 e. The number of nitrogens with two attached hydrogens (primary N) is 1. The molecule has 0 radical (unpaired) electrons. The Morgan fingerprint density at radius 3 is 3.10 bits per heavy atom. The number of hydrogen-bond acceptors (Lipinski definition) is 3. The second-order valence-electron chi connectivity index (χ2n) is 5.64. The summed E-state index contributed by atoms with van der Waals surface area (Å²) in [5, 5.41) is 0.685. The number of nitrogens with zero attached hydrogens (tertiary/aromatic N) is 1. The zero-order valence-corrected chi connectivity index (χ0v) is 12.1. The fourth-order valence-corrected chi connectivity index (χ4v) is 3.20. The van der Waals surface area contributed by atoms with Gasteiger partial charge in [0.2, 0.25) is 5.91 Å². The SMILES string of the molecule is NC[C@@H]1CCN(C(=O)[C@H]2COc3ccc(Cl)cc3C2)C1. The molecule has 3 rings (SSSR count). The minimum absolute atomic E-state index is 0.0995. The molecule has 0 saturated carbocycles. The number of benzene rings is 1. The van der Waals surface area contributed by atoms with Crippen LogP contribution >= 0.6 is 11.6 Å². The van der Waals surface area contributed by atoms with Gasteiger partial charge in [-0.05, 0) is 49.1 Å². The number of amides is 1. The fourth-order valence-electron chi connectivity index (χ4n) is 3.01. The third-order valence-corrected chi connectivity index (χ3v) is 4.44. The van der Waals surface area contributed by atoms with Crippen LogP contribution in [0, 0.1) is 11.8 Å². The summed E-state index contributed by atoms with van der Waals surface area (Å²) < 4.78 is 5.69. The number of hydrogen-bond donors (Lipinski definition) is 1. The van der Waals surface area contributed by atoms with Gasteiger partial charge in [-0.25, -0.2) is 0 Å². The summed E-state index contributed by atoms with van der Waals surface area (Å²) in [6.07, 6.45) is 1.72. The minimum Gasteiger partial charge on any atom is -0.492 e. The minimum atomic E-state index is -0.0995. The average molecular weight is 295 g/mol. The van der Waals surface area contributed by atoms with Crippen molar-refractivity contribution in [1.29, 1.82) is 0 Å². The first kappa shape index (κ1) is 13.7. The van der Waals surface area contributed by atoms with Crippen molar-refractivity contribution in [2.75, 3.05) is 26.2 Å². The van der Waals surface area contributed by atoms with E-state index in [0.717, 1.165) is 30.8 Å². The summed E-state index contributed by atoms with van der Waals surface area (Å²) in [4.78, 5) is 14.5. The van der Waals surface area contributed by atoms with Gasteiger partial charge in [0.1, 0.15) is 12.4 Å². The van der Waals surface area contributed by atoms with Gasteiger partial charge < -0.3 is 15.4 Å². The largest absolute Gasteiger partial charge is 0.492 e. The molecule has 0 aliphatic carbocycles. The summed E-state index contributed by atoms with van der Waals surface area (Å²) >= 11 is 6.00. The summed E-state index contributed by atoms with van der Waals surface area (Å²) in [6, 6.07) is 5.58. The van der Waals surface area contributed by atoms with Crippen molar-refractivity contribution >= 4 is 17.5 Å². The van der Waals surface area contributed by atoms with Crippen molar-refractivity contribution in [3.63, 3.8) is 0 Å². The Morgan fingerprint density at radius 1 is 1.50 bits per heavy atom. The normalized spacial score (nSPS) is 25.2. The topological polar surface area (TPSA) is 55.6 Å². The Bertz CT molecular complexity index is 521. The van der Waals surface area contributed by atoms with E-state index in [0.29, 0.717) is 30.5 Å². The van der Waals surface area contributed by atoms with Crippen molar-refractivity contribution in [1.82, 2.24) is 4.90 Å². The maximum absolute atomic E-state index is 12.5. The van der Waals surface area contributed by atoms with Gasteiger partial charge in [-0.3, -0.25) is 4.79 Å². The van der Waals surface area contributed by atoms with Crippen molar-refractivity contribution in [2.45, 2.75) is 12.8 Å². The second kappa shape index (κ2) is 5.62. The molecule has 0 bridgehead atoms. The van der Waals surface area contributed by atoms with Crippen molar-refractivity contribution < 1.29 is 9.53 Å². The Labute approximate surface area is 123 Å². The van der Waals surface area contributed by atoms with Gasteiger partial charge in [0.15, 0.2) is 0 Å². The molecule has 0 spiro atoms. The van der Waals surface area contributed by atoms with Gasteiger partial charge in [0.25, 0.3) is 0 Å². The highest BCUT2D eigenvalue weighted by Crippen LogP contribution is 2.31. The van der Waals surface area contributed by atoms with Crippen LogP contribution in [0.4, 0.5) is 0 Å². The molecule has 0 unspecified atom stereocenters. The lowest BCUT2D eigenvalue weighted by molar-refractivity contribution is -0.135. The molecule has 0 aromatic heterocycles. The first-order chi connectivity index (χ1) is 9.67. The average Bonchev–Trinajstić information content (AvgIpc) is 2.94. The maximum atomic E-state index is 12.5. The number of halogens is 1.